The lowest BCUT2D eigenvalue weighted by atomic mass is 10.2. The average Bonchev–Trinajstić information content (AvgIpc) is 2.98. The van der Waals surface area contributed by atoms with Crippen molar-refractivity contribution in [2.45, 2.75) is 26.5 Å². The monoisotopic (exact) mass is 353 g/mol. The van der Waals surface area contributed by atoms with Gasteiger partial charge in [0.25, 0.3) is 0 Å². The molecule has 26 heavy (non-hydrogen) atoms. The van der Waals surface area contributed by atoms with Gasteiger partial charge in [-0.05, 0) is 31.5 Å². The summed E-state index contributed by atoms with van der Waals surface area (Å²) in [5.74, 6) is -1.04. The number of rotatable bonds is 5. The highest BCUT2D eigenvalue weighted by Crippen LogP contribution is 2.20. The van der Waals surface area contributed by atoms with Crippen LogP contribution in [0.1, 0.15) is 40.4 Å². The molecule has 0 aliphatic carbocycles. The molecule has 2 N–H and O–H groups in total. The molecule has 134 valence electrons. The Morgan fingerprint density at radius 1 is 1.19 bits per heavy atom. The van der Waals surface area contributed by atoms with Crippen LogP contribution in [0.2, 0.25) is 0 Å². The van der Waals surface area contributed by atoms with Crippen LogP contribution in [0.3, 0.4) is 0 Å². The number of aromatic nitrogens is 2. The number of imidazole rings is 1. The maximum absolute atomic E-state index is 12.0. The van der Waals surface area contributed by atoms with Gasteiger partial charge < -0.3 is 15.2 Å². The van der Waals surface area contributed by atoms with Crippen LogP contribution in [0.4, 0.5) is 4.79 Å². The lowest BCUT2D eigenvalue weighted by Crippen LogP contribution is -2.28. The van der Waals surface area contributed by atoms with Gasteiger partial charge in [-0.2, -0.15) is 0 Å². The molecule has 0 bridgehead atoms. The van der Waals surface area contributed by atoms with Crippen molar-refractivity contribution in [1.29, 1.82) is 0 Å². The zero-order valence-corrected chi connectivity index (χ0v) is 14.5. The number of nitrogens with one attached hydrogen (secondary N) is 1. The summed E-state index contributed by atoms with van der Waals surface area (Å²) in [7, 11) is 0. The number of carboxylic acids is 1. The van der Waals surface area contributed by atoms with E-state index in [4.69, 9.17) is 4.74 Å². The third kappa shape index (κ3) is 3.51. The molecular weight excluding hydrogens is 334 g/mol. The van der Waals surface area contributed by atoms with E-state index < -0.39 is 18.1 Å². The first-order valence-corrected chi connectivity index (χ1v) is 8.16. The predicted molar refractivity (Wildman–Crippen MR) is 95.1 cm³/mol. The number of amides is 1. The van der Waals surface area contributed by atoms with Crippen LogP contribution in [0.5, 0.6) is 0 Å². The number of alkyl carbamates (subject to hydrolysis) is 1. The van der Waals surface area contributed by atoms with Gasteiger partial charge in [0.15, 0.2) is 0 Å². The van der Waals surface area contributed by atoms with E-state index in [1.54, 1.807) is 30.4 Å². The molecule has 1 aromatic carbocycles. The van der Waals surface area contributed by atoms with Gasteiger partial charge in [-0.15, -0.1) is 0 Å². The quantitative estimate of drug-likeness (QED) is 0.734. The van der Waals surface area contributed by atoms with Gasteiger partial charge in [-0.25, -0.2) is 14.6 Å². The number of hydrogen-bond donors (Lipinski definition) is 2. The van der Waals surface area contributed by atoms with Crippen molar-refractivity contribution in [3.8, 4) is 0 Å². The average molecular weight is 353 g/mol. The second kappa shape index (κ2) is 7.26. The Morgan fingerprint density at radius 3 is 2.62 bits per heavy atom. The number of fused-ring (bicyclic) bond motifs is 1. The number of carbonyl (C=O) groups excluding carboxylic acids is 1. The molecule has 0 aliphatic heterocycles. The van der Waals surface area contributed by atoms with Crippen molar-refractivity contribution in [1.82, 2.24) is 14.7 Å². The molecule has 0 fully saturated rings. The number of nitrogens with zero attached hydrogens (tertiary/aromatic N) is 2. The van der Waals surface area contributed by atoms with Crippen LogP contribution in [-0.2, 0) is 11.3 Å². The number of ether oxygens (including phenoxy) is 1. The largest absolute Gasteiger partial charge is 0.477 e. The second-order valence-corrected chi connectivity index (χ2v) is 5.92. The summed E-state index contributed by atoms with van der Waals surface area (Å²) < 4.78 is 6.78. The van der Waals surface area contributed by atoms with Gasteiger partial charge in [0.2, 0.25) is 0 Å². The minimum atomic E-state index is -1.04. The van der Waals surface area contributed by atoms with Crippen LogP contribution in [0.15, 0.2) is 48.5 Å². The SMILES string of the molecule is Cc1c(C(C)NC(=O)OCc2ccccc2)nc2cccc(C(=O)O)n12. The molecule has 0 saturated carbocycles. The molecule has 7 nitrogen and oxygen atoms in total. The van der Waals surface area contributed by atoms with Gasteiger partial charge in [0.1, 0.15) is 17.9 Å². The maximum atomic E-state index is 12.0. The fourth-order valence-electron chi connectivity index (χ4n) is 2.84. The molecule has 3 rings (SSSR count). The zero-order valence-electron chi connectivity index (χ0n) is 14.5. The van der Waals surface area contributed by atoms with Crippen molar-refractivity contribution < 1.29 is 19.4 Å². The van der Waals surface area contributed by atoms with E-state index in [0.717, 1.165) is 5.56 Å². The van der Waals surface area contributed by atoms with E-state index in [-0.39, 0.29) is 12.3 Å². The fraction of sp³-hybridized carbons (Fsp3) is 0.211. The lowest BCUT2D eigenvalue weighted by molar-refractivity contribution is 0.0688. The van der Waals surface area contributed by atoms with E-state index in [2.05, 4.69) is 10.3 Å². The van der Waals surface area contributed by atoms with Gasteiger partial charge in [0.05, 0.1) is 11.7 Å². The molecule has 1 atom stereocenters. The molecule has 1 unspecified atom stereocenters. The van der Waals surface area contributed by atoms with Gasteiger partial charge in [0, 0.05) is 5.69 Å². The Balaban J connectivity index is 1.74. The Labute approximate surface area is 150 Å². The molecule has 3 aromatic rings. The second-order valence-electron chi connectivity index (χ2n) is 5.92. The van der Waals surface area contributed by atoms with Gasteiger partial charge in [-0.3, -0.25) is 4.40 Å². The summed E-state index contributed by atoms with van der Waals surface area (Å²) in [5.41, 5.74) is 2.79. The first-order valence-electron chi connectivity index (χ1n) is 8.16. The molecular formula is C19H19N3O4. The molecule has 0 spiro atoms. The summed E-state index contributed by atoms with van der Waals surface area (Å²) in [6, 6.07) is 13.8. The number of carboxylic acid groups (broad SMARTS) is 1. The molecule has 0 saturated heterocycles. The minimum Gasteiger partial charge on any atom is -0.477 e. The highest BCUT2D eigenvalue weighted by atomic mass is 16.5. The molecule has 7 heteroatoms. The predicted octanol–water partition coefficient (Wildman–Crippen LogP) is 3.33. The van der Waals surface area contributed by atoms with E-state index in [1.165, 1.54) is 6.07 Å². The Kier molecular flexibility index (Phi) is 4.88. The van der Waals surface area contributed by atoms with E-state index in [9.17, 15) is 14.7 Å². The summed E-state index contributed by atoms with van der Waals surface area (Å²) in [6.07, 6.45) is -0.559. The Bertz CT molecular complexity index is 950. The van der Waals surface area contributed by atoms with Crippen LogP contribution in [0.25, 0.3) is 5.65 Å². The first-order chi connectivity index (χ1) is 12.5. The molecule has 0 radical (unpaired) electrons. The van der Waals surface area contributed by atoms with Crippen LogP contribution in [-0.4, -0.2) is 26.6 Å². The molecule has 2 aromatic heterocycles. The minimum absolute atomic E-state index is 0.123. The summed E-state index contributed by atoms with van der Waals surface area (Å²) >= 11 is 0. The number of hydrogen-bond acceptors (Lipinski definition) is 4. The highest BCUT2D eigenvalue weighted by Gasteiger charge is 2.20. The number of aryl methyl sites for hydroxylation is 1. The van der Waals surface area contributed by atoms with Crippen molar-refractivity contribution in [3.63, 3.8) is 0 Å². The maximum Gasteiger partial charge on any atom is 0.407 e. The first kappa shape index (κ1) is 17.5. The summed E-state index contributed by atoms with van der Waals surface area (Å²) in [6.45, 7) is 3.72. The van der Waals surface area contributed by atoms with E-state index >= 15 is 0 Å². The summed E-state index contributed by atoms with van der Waals surface area (Å²) in [5, 5.41) is 12.1. The van der Waals surface area contributed by atoms with Crippen molar-refractivity contribution in [3.05, 3.63) is 71.2 Å². The normalized spacial score (nSPS) is 11.9. The van der Waals surface area contributed by atoms with Crippen molar-refractivity contribution in [2.24, 2.45) is 0 Å². The third-order valence-electron chi connectivity index (χ3n) is 4.09. The number of benzene rings is 1. The van der Waals surface area contributed by atoms with Crippen LogP contribution < -0.4 is 5.32 Å². The van der Waals surface area contributed by atoms with E-state index in [1.807, 2.05) is 30.3 Å². The van der Waals surface area contributed by atoms with Crippen molar-refractivity contribution >= 4 is 17.7 Å². The van der Waals surface area contributed by atoms with Crippen molar-refractivity contribution in [2.75, 3.05) is 0 Å². The Hall–Kier alpha value is -3.35. The molecule has 1 amide bonds. The zero-order chi connectivity index (χ0) is 18.7. The van der Waals surface area contributed by atoms with Gasteiger partial charge in [-0.1, -0.05) is 36.4 Å². The number of pyridine rings is 1. The van der Waals surface area contributed by atoms with E-state index in [0.29, 0.717) is 17.0 Å². The summed E-state index contributed by atoms with van der Waals surface area (Å²) in [4.78, 5) is 27.9. The standard InChI is InChI=1S/C19H19N3O4/c1-12(20-19(25)26-11-14-7-4-3-5-8-14)17-13(2)22-15(18(23)24)9-6-10-16(22)21-17/h3-10,12H,11H2,1-2H3,(H,20,25)(H,23,24). The Morgan fingerprint density at radius 2 is 1.92 bits per heavy atom. The lowest BCUT2D eigenvalue weighted by Gasteiger charge is -2.13. The van der Waals surface area contributed by atoms with Crippen LogP contribution in [0, 0.1) is 6.92 Å². The van der Waals surface area contributed by atoms with Crippen LogP contribution >= 0.6 is 0 Å². The number of carbonyl (C=O) groups is 2. The van der Waals surface area contributed by atoms with Gasteiger partial charge >= 0.3 is 12.1 Å². The molecule has 0 aliphatic rings. The smallest absolute Gasteiger partial charge is 0.407 e. The highest BCUT2D eigenvalue weighted by molar-refractivity contribution is 5.86. The molecule has 2 heterocycles. The third-order valence-corrected chi connectivity index (χ3v) is 4.09. The fourth-order valence-corrected chi connectivity index (χ4v) is 2.84. The topological polar surface area (TPSA) is 92.9 Å². The number of aromatic carboxylic acids is 1.